The van der Waals surface area contributed by atoms with Crippen LogP contribution >= 0.6 is 15.9 Å². The first-order chi connectivity index (χ1) is 7.78. The fourth-order valence-electron chi connectivity index (χ4n) is 2.22. The van der Waals surface area contributed by atoms with Gasteiger partial charge in [0.2, 0.25) is 0 Å². The van der Waals surface area contributed by atoms with Crippen LogP contribution in [-0.4, -0.2) is 19.3 Å². The maximum atomic E-state index is 5.37. The van der Waals surface area contributed by atoms with Gasteiger partial charge in [-0.3, -0.25) is 0 Å². The van der Waals surface area contributed by atoms with E-state index in [1.807, 2.05) is 7.11 Å². The van der Waals surface area contributed by atoms with Crippen molar-refractivity contribution in [2.45, 2.75) is 37.8 Å². The summed E-state index contributed by atoms with van der Waals surface area (Å²) < 4.78 is 6.50. The zero-order chi connectivity index (χ0) is 11.4. The van der Waals surface area contributed by atoms with Crippen molar-refractivity contribution in [1.82, 2.24) is 0 Å². The second kappa shape index (κ2) is 5.69. The molecule has 0 unspecified atom stereocenters. The summed E-state index contributed by atoms with van der Waals surface area (Å²) in [7, 11) is 1.81. The Kier molecular flexibility index (Phi) is 4.24. The number of hydrogen-bond acceptors (Lipinski definition) is 2. The highest BCUT2D eigenvalue weighted by Gasteiger charge is 2.20. The van der Waals surface area contributed by atoms with Gasteiger partial charge >= 0.3 is 0 Å². The zero-order valence-corrected chi connectivity index (χ0v) is 11.2. The van der Waals surface area contributed by atoms with Crippen LogP contribution < -0.4 is 5.32 Å². The van der Waals surface area contributed by atoms with Crippen LogP contribution in [0.2, 0.25) is 0 Å². The molecule has 1 N–H and O–H groups in total. The van der Waals surface area contributed by atoms with Gasteiger partial charge in [0.15, 0.2) is 0 Å². The number of ether oxygens (including phenoxy) is 1. The number of anilines is 1. The minimum Gasteiger partial charge on any atom is -0.382 e. The summed E-state index contributed by atoms with van der Waals surface area (Å²) in [5.74, 6) is 0. The molecule has 0 aromatic heterocycles. The molecule has 0 heterocycles. The van der Waals surface area contributed by atoms with Crippen molar-refractivity contribution in [3.63, 3.8) is 0 Å². The van der Waals surface area contributed by atoms with E-state index in [1.165, 1.54) is 31.4 Å². The largest absolute Gasteiger partial charge is 0.382 e. The first kappa shape index (κ1) is 11.9. The quantitative estimate of drug-likeness (QED) is 0.911. The smallest absolute Gasteiger partial charge is 0.0572 e. The summed E-state index contributed by atoms with van der Waals surface area (Å²) in [6.07, 6.45) is 5.22. The highest BCUT2D eigenvalue weighted by Crippen LogP contribution is 2.24. The average molecular weight is 284 g/mol. The average Bonchev–Trinajstić information content (AvgIpc) is 2.33. The van der Waals surface area contributed by atoms with Gasteiger partial charge in [0.05, 0.1) is 6.10 Å². The van der Waals surface area contributed by atoms with E-state index in [-0.39, 0.29) is 0 Å². The number of halogens is 1. The third-order valence-electron chi connectivity index (χ3n) is 3.22. The van der Waals surface area contributed by atoms with Crippen molar-refractivity contribution in [1.29, 1.82) is 0 Å². The lowest BCUT2D eigenvalue weighted by molar-refractivity contribution is 0.0682. The van der Waals surface area contributed by atoms with E-state index in [1.54, 1.807) is 0 Å². The molecule has 1 aromatic rings. The molecule has 0 amide bonds. The number of methoxy groups -OCH3 is 1. The van der Waals surface area contributed by atoms with Crippen LogP contribution in [0, 0.1) is 0 Å². The molecule has 1 aliphatic rings. The molecule has 0 atom stereocenters. The van der Waals surface area contributed by atoms with Gasteiger partial charge in [-0.2, -0.15) is 0 Å². The minimum absolute atomic E-state index is 0.475. The zero-order valence-electron chi connectivity index (χ0n) is 9.58. The molecule has 0 bridgehead atoms. The molecule has 88 valence electrons. The van der Waals surface area contributed by atoms with Gasteiger partial charge < -0.3 is 10.1 Å². The number of nitrogens with one attached hydrogen (secondary N) is 1. The van der Waals surface area contributed by atoms with Crippen molar-refractivity contribution in [2.24, 2.45) is 0 Å². The van der Waals surface area contributed by atoms with Crippen LogP contribution in [0.4, 0.5) is 5.69 Å². The summed E-state index contributed by atoms with van der Waals surface area (Å²) >= 11 is 3.44. The molecule has 0 radical (unpaired) electrons. The van der Waals surface area contributed by atoms with Crippen LogP contribution in [0.1, 0.15) is 25.7 Å². The maximum absolute atomic E-state index is 5.37. The van der Waals surface area contributed by atoms with Crippen molar-refractivity contribution in [3.8, 4) is 0 Å². The molecule has 0 aliphatic heterocycles. The Bertz CT molecular complexity index is 317. The second-order valence-electron chi connectivity index (χ2n) is 4.36. The first-order valence-corrected chi connectivity index (χ1v) is 6.62. The molecular weight excluding hydrogens is 266 g/mol. The fourth-order valence-corrected chi connectivity index (χ4v) is 2.49. The summed E-state index contributed by atoms with van der Waals surface area (Å²) in [4.78, 5) is 0. The summed E-state index contributed by atoms with van der Waals surface area (Å²) in [5, 5.41) is 3.58. The monoisotopic (exact) mass is 283 g/mol. The van der Waals surface area contributed by atoms with Crippen LogP contribution in [0.25, 0.3) is 0 Å². The lowest BCUT2D eigenvalue weighted by Gasteiger charge is -2.28. The van der Waals surface area contributed by atoms with Crippen LogP contribution in [0.3, 0.4) is 0 Å². The van der Waals surface area contributed by atoms with Gasteiger partial charge in [-0.05, 0) is 49.9 Å². The Morgan fingerprint density at radius 2 is 1.75 bits per heavy atom. The topological polar surface area (TPSA) is 21.3 Å². The molecule has 1 fully saturated rings. The van der Waals surface area contributed by atoms with Gasteiger partial charge in [0.1, 0.15) is 0 Å². The highest BCUT2D eigenvalue weighted by molar-refractivity contribution is 9.10. The fraction of sp³-hybridized carbons (Fsp3) is 0.538. The third-order valence-corrected chi connectivity index (χ3v) is 3.75. The van der Waals surface area contributed by atoms with Crippen molar-refractivity contribution < 1.29 is 4.74 Å². The molecule has 1 saturated carbocycles. The second-order valence-corrected chi connectivity index (χ2v) is 5.28. The van der Waals surface area contributed by atoms with E-state index < -0.39 is 0 Å². The molecule has 2 rings (SSSR count). The standard InChI is InChI=1S/C13H18BrNO/c1-16-13-8-6-12(7-9-13)15-11-4-2-10(14)3-5-11/h2-5,12-13,15H,6-9H2,1H3. The van der Waals surface area contributed by atoms with Crippen LogP contribution in [0.15, 0.2) is 28.7 Å². The Balaban J connectivity index is 1.84. The number of benzene rings is 1. The van der Waals surface area contributed by atoms with E-state index in [4.69, 9.17) is 4.74 Å². The molecule has 16 heavy (non-hydrogen) atoms. The Morgan fingerprint density at radius 3 is 2.31 bits per heavy atom. The van der Waals surface area contributed by atoms with Crippen LogP contribution in [0.5, 0.6) is 0 Å². The summed E-state index contributed by atoms with van der Waals surface area (Å²) in [6.45, 7) is 0. The molecular formula is C13H18BrNO. The number of hydrogen-bond donors (Lipinski definition) is 1. The third kappa shape index (κ3) is 3.22. The molecule has 1 aromatic carbocycles. The van der Waals surface area contributed by atoms with Gasteiger partial charge in [0, 0.05) is 23.3 Å². The normalized spacial score (nSPS) is 25.4. The van der Waals surface area contributed by atoms with Gasteiger partial charge in [-0.1, -0.05) is 15.9 Å². The maximum Gasteiger partial charge on any atom is 0.0572 e. The van der Waals surface area contributed by atoms with E-state index in [0.29, 0.717) is 12.1 Å². The van der Waals surface area contributed by atoms with Crippen molar-refractivity contribution in [2.75, 3.05) is 12.4 Å². The molecule has 0 saturated heterocycles. The van der Waals surface area contributed by atoms with E-state index in [0.717, 1.165) is 4.47 Å². The number of rotatable bonds is 3. The molecule has 1 aliphatic carbocycles. The molecule has 0 spiro atoms. The van der Waals surface area contributed by atoms with Gasteiger partial charge in [0.25, 0.3) is 0 Å². The Morgan fingerprint density at radius 1 is 1.12 bits per heavy atom. The lowest BCUT2D eigenvalue weighted by Crippen LogP contribution is -2.29. The van der Waals surface area contributed by atoms with Crippen molar-refractivity contribution >= 4 is 21.6 Å². The minimum atomic E-state index is 0.475. The lowest BCUT2D eigenvalue weighted by atomic mass is 9.93. The Labute approximate surface area is 106 Å². The summed E-state index contributed by atoms with van der Waals surface area (Å²) in [6, 6.07) is 8.98. The highest BCUT2D eigenvalue weighted by atomic mass is 79.9. The predicted molar refractivity (Wildman–Crippen MR) is 70.8 cm³/mol. The molecule has 2 nitrogen and oxygen atoms in total. The summed E-state index contributed by atoms with van der Waals surface area (Å²) in [5.41, 5.74) is 1.21. The van der Waals surface area contributed by atoms with E-state index in [9.17, 15) is 0 Å². The van der Waals surface area contributed by atoms with Crippen LogP contribution in [-0.2, 0) is 4.74 Å². The molecule has 3 heteroatoms. The Hall–Kier alpha value is -0.540. The predicted octanol–water partition coefficient (Wildman–Crippen LogP) is 3.82. The SMILES string of the molecule is COC1CCC(Nc2ccc(Br)cc2)CC1. The first-order valence-electron chi connectivity index (χ1n) is 5.83. The van der Waals surface area contributed by atoms with Crippen molar-refractivity contribution in [3.05, 3.63) is 28.7 Å². The van der Waals surface area contributed by atoms with Gasteiger partial charge in [-0.15, -0.1) is 0 Å². The van der Waals surface area contributed by atoms with E-state index in [2.05, 4.69) is 45.5 Å². The van der Waals surface area contributed by atoms with E-state index >= 15 is 0 Å². The van der Waals surface area contributed by atoms with Gasteiger partial charge in [-0.25, -0.2) is 0 Å².